The first-order chi connectivity index (χ1) is 14.2. The number of hydrogen-bond acceptors (Lipinski definition) is 3. The van der Waals surface area contributed by atoms with Crippen LogP contribution in [0.15, 0.2) is 60.8 Å². The van der Waals surface area contributed by atoms with E-state index in [1.165, 1.54) is 0 Å². The van der Waals surface area contributed by atoms with Crippen LogP contribution in [0, 0.1) is 24.2 Å². The number of nitrogens with zero attached hydrogens (tertiary/aromatic N) is 4. The molecule has 0 N–H and O–H groups in total. The minimum absolute atomic E-state index is 0.0115. The molecule has 5 nitrogen and oxygen atoms in total. The van der Waals surface area contributed by atoms with Crippen LogP contribution in [0.4, 0.5) is 0 Å². The predicted molar refractivity (Wildman–Crippen MR) is 112 cm³/mol. The van der Waals surface area contributed by atoms with Crippen molar-refractivity contribution in [1.29, 1.82) is 5.26 Å². The van der Waals surface area contributed by atoms with Crippen molar-refractivity contribution < 1.29 is 4.79 Å². The molecule has 3 aromatic rings. The average Bonchev–Trinajstić information content (AvgIpc) is 3.14. The summed E-state index contributed by atoms with van der Waals surface area (Å²) in [6, 6.07) is 19.3. The zero-order valence-electron chi connectivity index (χ0n) is 16.6. The first-order valence-corrected chi connectivity index (χ1v) is 10.0. The normalized spacial score (nSPS) is 16.4. The molecule has 0 bridgehead atoms. The highest BCUT2D eigenvalue weighted by atomic mass is 16.2. The van der Waals surface area contributed by atoms with Gasteiger partial charge in [-0.2, -0.15) is 5.26 Å². The maximum atomic E-state index is 13.0. The number of nitriles is 1. The first kappa shape index (κ1) is 18.9. The van der Waals surface area contributed by atoms with Gasteiger partial charge >= 0.3 is 0 Å². The number of hydrogen-bond donors (Lipinski definition) is 0. The van der Waals surface area contributed by atoms with Crippen molar-refractivity contribution in [3.05, 3.63) is 77.6 Å². The molecule has 0 aliphatic carbocycles. The van der Waals surface area contributed by atoms with E-state index in [9.17, 15) is 4.79 Å². The van der Waals surface area contributed by atoms with Crippen LogP contribution in [0.3, 0.4) is 0 Å². The lowest BCUT2D eigenvalue weighted by atomic mass is 9.96. The van der Waals surface area contributed by atoms with Crippen LogP contribution in [0.2, 0.25) is 0 Å². The number of imidazole rings is 1. The van der Waals surface area contributed by atoms with Crippen molar-refractivity contribution in [1.82, 2.24) is 14.5 Å². The molecule has 4 rings (SSSR count). The van der Waals surface area contributed by atoms with Gasteiger partial charge in [0.15, 0.2) is 0 Å². The minimum atomic E-state index is 0.0115. The maximum Gasteiger partial charge on any atom is 0.253 e. The van der Waals surface area contributed by atoms with Crippen molar-refractivity contribution in [2.75, 3.05) is 13.1 Å². The molecule has 1 aromatic heterocycles. The Kier molecular flexibility index (Phi) is 5.44. The SMILES string of the molecule is Cc1cnc(-c2ccccc2)n1CC1CCCN(C(=O)c2cccc(C#N)c2)C1. The molecule has 29 heavy (non-hydrogen) atoms. The molecule has 1 amide bonds. The van der Waals surface area contributed by atoms with Gasteiger partial charge in [0.25, 0.3) is 5.91 Å². The van der Waals surface area contributed by atoms with Crippen LogP contribution in [0.25, 0.3) is 11.4 Å². The minimum Gasteiger partial charge on any atom is -0.338 e. The maximum absolute atomic E-state index is 13.0. The topological polar surface area (TPSA) is 61.9 Å². The van der Waals surface area contributed by atoms with Crippen LogP contribution in [-0.2, 0) is 6.54 Å². The van der Waals surface area contributed by atoms with Crippen molar-refractivity contribution in [3.63, 3.8) is 0 Å². The van der Waals surface area contributed by atoms with Gasteiger partial charge in [0.1, 0.15) is 5.82 Å². The molecule has 0 saturated carbocycles. The van der Waals surface area contributed by atoms with E-state index in [1.807, 2.05) is 29.3 Å². The van der Waals surface area contributed by atoms with Gasteiger partial charge in [-0.1, -0.05) is 36.4 Å². The summed E-state index contributed by atoms with van der Waals surface area (Å²) in [4.78, 5) is 19.5. The van der Waals surface area contributed by atoms with E-state index in [4.69, 9.17) is 5.26 Å². The Labute approximate surface area is 171 Å². The molecule has 1 atom stereocenters. The van der Waals surface area contributed by atoms with E-state index in [0.29, 0.717) is 17.0 Å². The van der Waals surface area contributed by atoms with E-state index < -0.39 is 0 Å². The van der Waals surface area contributed by atoms with Gasteiger partial charge in [0, 0.05) is 42.7 Å². The Morgan fingerprint density at radius 2 is 2.03 bits per heavy atom. The van der Waals surface area contributed by atoms with Gasteiger partial charge in [0.05, 0.1) is 11.6 Å². The number of likely N-dealkylation sites (tertiary alicyclic amines) is 1. The van der Waals surface area contributed by atoms with E-state index in [0.717, 1.165) is 49.6 Å². The zero-order valence-corrected chi connectivity index (χ0v) is 16.6. The van der Waals surface area contributed by atoms with Gasteiger partial charge in [-0.15, -0.1) is 0 Å². The number of carbonyl (C=O) groups excluding carboxylic acids is 1. The van der Waals surface area contributed by atoms with E-state index in [-0.39, 0.29) is 5.91 Å². The lowest BCUT2D eigenvalue weighted by molar-refractivity contribution is 0.0662. The highest BCUT2D eigenvalue weighted by Gasteiger charge is 2.26. The fourth-order valence-electron chi connectivity index (χ4n) is 4.07. The predicted octanol–water partition coefficient (Wildman–Crippen LogP) is 4.28. The smallest absolute Gasteiger partial charge is 0.253 e. The molecular formula is C24H24N4O. The highest BCUT2D eigenvalue weighted by molar-refractivity contribution is 5.94. The van der Waals surface area contributed by atoms with Gasteiger partial charge in [-0.05, 0) is 43.9 Å². The van der Waals surface area contributed by atoms with E-state index in [1.54, 1.807) is 24.3 Å². The summed E-state index contributed by atoms with van der Waals surface area (Å²) in [6.45, 7) is 4.42. The van der Waals surface area contributed by atoms with Crippen LogP contribution in [-0.4, -0.2) is 33.4 Å². The van der Waals surface area contributed by atoms with Crippen molar-refractivity contribution in [2.45, 2.75) is 26.3 Å². The number of aryl methyl sites for hydroxylation is 1. The molecule has 2 aromatic carbocycles. The largest absolute Gasteiger partial charge is 0.338 e. The van der Waals surface area contributed by atoms with Crippen molar-refractivity contribution in [2.24, 2.45) is 5.92 Å². The van der Waals surface area contributed by atoms with Gasteiger partial charge in [-0.25, -0.2) is 4.98 Å². The zero-order chi connectivity index (χ0) is 20.2. The molecule has 1 unspecified atom stereocenters. The molecule has 0 spiro atoms. The van der Waals surface area contributed by atoms with Gasteiger partial charge in [0.2, 0.25) is 0 Å². The summed E-state index contributed by atoms with van der Waals surface area (Å²) in [5.74, 6) is 1.37. The number of rotatable bonds is 4. The number of amides is 1. The summed E-state index contributed by atoms with van der Waals surface area (Å²) >= 11 is 0. The Bertz CT molecular complexity index is 1050. The Morgan fingerprint density at radius 1 is 1.21 bits per heavy atom. The molecule has 1 saturated heterocycles. The highest BCUT2D eigenvalue weighted by Crippen LogP contribution is 2.25. The number of benzene rings is 2. The summed E-state index contributed by atoms with van der Waals surface area (Å²) in [5, 5.41) is 9.10. The van der Waals surface area contributed by atoms with Crippen molar-refractivity contribution >= 4 is 5.91 Å². The summed E-state index contributed by atoms with van der Waals surface area (Å²) in [6.07, 6.45) is 4.00. The molecule has 1 fully saturated rings. The second-order valence-electron chi connectivity index (χ2n) is 7.65. The van der Waals surface area contributed by atoms with Crippen LogP contribution in [0.1, 0.15) is 34.5 Å². The molecule has 2 heterocycles. The fourth-order valence-corrected chi connectivity index (χ4v) is 4.07. The third-order valence-corrected chi connectivity index (χ3v) is 5.57. The number of carbonyl (C=O) groups is 1. The van der Waals surface area contributed by atoms with Crippen molar-refractivity contribution in [3.8, 4) is 17.5 Å². The standard InChI is InChI=1S/C24H24N4O/c1-18-15-26-23(21-9-3-2-4-10-21)28(18)17-20-8-6-12-27(16-20)24(29)22-11-5-7-19(13-22)14-25/h2-5,7,9-11,13,15,20H,6,8,12,16-17H2,1H3. The van der Waals surface area contributed by atoms with Crippen LogP contribution < -0.4 is 0 Å². The summed E-state index contributed by atoms with van der Waals surface area (Å²) in [5.41, 5.74) is 3.35. The lowest BCUT2D eigenvalue weighted by Crippen LogP contribution is -2.41. The molecule has 5 heteroatoms. The quantitative estimate of drug-likeness (QED) is 0.674. The van der Waals surface area contributed by atoms with E-state index >= 15 is 0 Å². The number of aromatic nitrogens is 2. The summed E-state index contributed by atoms with van der Waals surface area (Å²) in [7, 11) is 0. The molecule has 146 valence electrons. The first-order valence-electron chi connectivity index (χ1n) is 10.0. The lowest BCUT2D eigenvalue weighted by Gasteiger charge is -2.33. The number of piperidine rings is 1. The fraction of sp³-hybridized carbons (Fsp3) is 0.292. The third-order valence-electron chi connectivity index (χ3n) is 5.57. The second kappa shape index (κ2) is 8.32. The Hall–Kier alpha value is -3.39. The van der Waals surface area contributed by atoms with Crippen LogP contribution in [0.5, 0.6) is 0 Å². The Balaban J connectivity index is 1.51. The molecule has 0 radical (unpaired) electrons. The molecule has 1 aliphatic heterocycles. The second-order valence-corrected chi connectivity index (χ2v) is 7.65. The van der Waals surface area contributed by atoms with E-state index in [2.05, 4.69) is 34.7 Å². The van der Waals surface area contributed by atoms with Gasteiger partial charge in [-0.3, -0.25) is 4.79 Å². The molecular weight excluding hydrogens is 360 g/mol. The van der Waals surface area contributed by atoms with Gasteiger partial charge < -0.3 is 9.47 Å². The average molecular weight is 384 g/mol. The Morgan fingerprint density at radius 3 is 2.83 bits per heavy atom. The monoisotopic (exact) mass is 384 g/mol. The van der Waals surface area contributed by atoms with Crippen LogP contribution >= 0.6 is 0 Å². The molecule has 1 aliphatic rings. The third kappa shape index (κ3) is 4.07. The summed E-state index contributed by atoms with van der Waals surface area (Å²) < 4.78 is 2.27.